The Morgan fingerprint density at radius 3 is 2.31 bits per heavy atom. The van der Waals surface area contributed by atoms with Crippen molar-refractivity contribution in [1.29, 1.82) is 0 Å². The lowest BCUT2D eigenvalue weighted by atomic mass is 10.1. The van der Waals surface area contributed by atoms with E-state index in [1.54, 1.807) is 6.92 Å². The first-order chi connectivity index (χ1) is 7.45. The largest absolute Gasteiger partial charge is 0.477 e. The van der Waals surface area contributed by atoms with Crippen LogP contribution in [0.1, 0.15) is 26.2 Å². The molecule has 5 heteroatoms. The molecule has 0 radical (unpaired) electrons. The Labute approximate surface area is 94.8 Å². The quantitative estimate of drug-likeness (QED) is 0.578. The zero-order chi connectivity index (χ0) is 12.2. The number of quaternary nitrogens is 1. The third-order valence-corrected chi connectivity index (χ3v) is 2.68. The molecular weight excluding hydrogens is 210 g/mol. The van der Waals surface area contributed by atoms with Crippen LogP contribution in [0.5, 0.6) is 0 Å². The Hall–Kier alpha value is -1.36. The van der Waals surface area contributed by atoms with Crippen LogP contribution >= 0.6 is 0 Å². The summed E-state index contributed by atoms with van der Waals surface area (Å²) in [5, 5.41) is 8.85. The standard InChI is InChI=1S/C11H17NO4/c1-9(2)11(15)16-12(8-10(13)14)6-4-3-5-7-12/h1,3-8H2,2H3/p+1. The molecule has 90 valence electrons. The summed E-state index contributed by atoms with van der Waals surface area (Å²) in [7, 11) is 0. The van der Waals surface area contributed by atoms with E-state index in [-0.39, 0.29) is 11.2 Å². The smallest absolute Gasteiger partial charge is 0.392 e. The van der Waals surface area contributed by atoms with Crippen molar-refractivity contribution in [2.45, 2.75) is 26.2 Å². The van der Waals surface area contributed by atoms with Gasteiger partial charge in [-0.15, -0.1) is 4.65 Å². The summed E-state index contributed by atoms with van der Waals surface area (Å²) in [4.78, 5) is 27.5. The maximum Gasteiger partial charge on any atom is 0.392 e. The normalized spacial score (nSPS) is 18.8. The number of aliphatic carboxylic acids is 1. The molecule has 0 aliphatic carbocycles. The van der Waals surface area contributed by atoms with Crippen LogP contribution < -0.4 is 0 Å². The number of hydroxylamine groups is 3. The van der Waals surface area contributed by atoms with Crippen LogP contribution in [-0.4, -0.2) is 41.3 Å². The van der Waals surface area contributed by atoms with E-state index in [1.807, 2.05) is 0 Å². The van der Waals surface area contributed by atoms with Crippen LogP contribution in [0.15, 0.2) is 12.2 Å². The zero-order valence-corrected chi connectivity index (χ0v) is 9.57. The highest BCUT2D eigenvalue weighted by Crippen LogP contribution is 2.20. The van der Waals surface area contributed by atoms with Crippen LogP contribution in [0.2, 0.25) is 0 Å². The van der Waals surface area contributed by atoms with Gasteiger partial charge in [-0.1, -0.05) is 6.58 Å². The molecule has 5 nitrogen and oxygen atoms in total. The molecule has 0 aromatic rings. The number of carbonyl (C=O) groups is 2. The maximum atomic E-state index is 11.5. The molecule has 0 bridgehead atoms. The second-order valence-electron chi connectivity index (χ2n) is 4.28. The predicted molar refractivity (Wildman–Crippen MR) is 57.3 cm³/mol. The number of rotatable bonds is 4. The lowest BCUT2D eigenvalue weighted by Crippen LogP contribution is -2.55. The maximum absolute atomic E-state index is 11.5. The van der Waals surface area contributed by atoms with Crippen molar-refractivity contribution in [3.05, 3.63) is 12.2 Å². The number of carboxylic acids is 1. The Balaban J connectivity index is 2.73. The fraction of sp³-hybridized carbons (Fsp3) is 0.636. The highest BCUT2D eigenvalue weighted by molar-refractivity contribution is 5.86. The van der Waals surface area contributed by atoms with Crippen LogP contribution in [0.4, 0.5) is 0 Å². The Kier molecular flexibility index (Phi) is 4.06. The molecule has 1 fully saturated rings. The van der Waals surface area contributed by atoms with Crippen molar-refractivity contribution in [2.24, 2.45) is 0 Å². The first kappa shape index (κ1) is 12.7. The van der Waals surface area contributed by atoms with Crippen molar-refractivity contribution in [3.63, 3.8) is 0 Å². The Morgan fingerprint density at radius 1 is 1.31 bits per heavy atom. The fourth-order valence-corrected chi connectivity index (χ4v) is 1.87. The van der Waals surface area contributed by atoms with Gasteiger partial charge < -0.3 is 5.11 Å². The van der Waals surface area contributed by atoms with Gasteiger partial charge in [-0.3, -0.25) is 4.84 Å². The summed E-state index contributed by atoms with van der Waals surface area (Å²) < 4.78 is -0.0962. The van der Waals surface area contributed by atoms with E-state index >= 15 is 0 Å². The molecule has 0 aromatic heterocycles. The summed E-state index contributed by atoms with van der Waals surface area (Å²) in [6.45, 7) is 6.04. The molecule has 0 aromatic carbocycles. The van der Waals surface area contributed by atoms with Crippen molar-refractivity contribution in [2.75, 3.05) is 19.6 Å². The molecule has 0 saturated carbocycles. The molecule has 1 aliphatic heterocycles. The van der Waals surface area contributed by atoms with Crippen molar-refractivity contribution < 1.29 is 24.2 Å². The van der Waals surface area contributed by atoms with Gasteiger partial charge in [-0.25, -0.2) is 9.59 Å². The number of likely N-dealkylation sites (tertiary alicyclic amines) is 1. The number of hydrogen-bond acceptors (Lipinski definition) is 3. The van der Waals surface area contributed by atoms with E-state index in [1.165, 1.54) is 0 Å². The monoisotopic (exact) mass is 228 g/mol. The topological polar surface area (TPSA) is 63.6 Å². The van der Waals surface area contributed by atoms with Gasteiger partial charge >= 0.3 is 11.9 Å². The van der Waals surface area contributed by atoms with Crippen molar-refractivity contribution in [1.82, 2.24) is 0 Å². The number of carboxylic acid groups (broad SMARTS) is 1. The first-order valence-electron chi connectivity index (χ1n) is 5.42. The highest BCUT2D eigenvalue weighted by atomic mass is 16.7. The SMILES string of the molecule is C=C(C)C(=O)O[N+]1(CC(=O)O)CCCCC1. The van der Waals surface area contributed by atoms with E-state index in [2.05, 4.69) is 6.58 Å². The predicted octanol–water partition coefficient (Wildman–Crippen LogP) is 1.11. The van der Waals surface area contributed by atoms with E-state index < -0.39 is 11.9 Å². The molecule has 1 N–H and O–H groups in total. The number of carbonyl (C=O) groups excluding carboxylic acids is 1. The molecule has 0 unspecified atom stereocenters. The molecule has 1 rings (SSSR count). The van der Waals surface area contributed by atoms with Gasteiger partial charge in [0, 0.05) is 18.4 Å². The van der Waals surface area contributed by atoms with Crippen LogP contribution in [0.3, 0.4) is 0 Å². The Bertz CT molecular complexity index is 305. The van der Waals surface area contributed by atoms with E-state index in [4.69, 9.17) is 9.94 Å². The molecular formula is C11H18NO4+. The van der Waals surface area contributed by atoms with E-state index in [9.17, 15) is 9.59 Å². The Morgan fingerprint density at radius 2 is 1.88 bits per heavy atom. The average Bonchev–Trinajstić information content (AvgIpc) is 2.17. The minimum absolute atomic E-state index is 0.0962. The van der Waals surface area contributed by atoms with Gasteiger partial charge in [0.1, 0.15) is 13.1 Å². The van der Waals surface area contributed by atoms with Crippen LogP contribution in [0, 0.1) is 0 Å². The minimum atomic E-state index is -0.948. The van der Waals surface area contributed by atoms with Gasteiger partial charge in [0.05, 0.1) is 0 Å². The molecule has 1 saturated heterocycles. The van der Waals surface area contributed by atoms with Gasteiger partial charge in [-0.05, 0) is 13.3 Å². The van der Waals surface area contributed by atoms with Crippen molar-refractivity contribution in [3.8, 4) is 0 Å². The minimum Gasteiger partial charge on any atom is -0.477 e. The molecule has 0 atom stereocenters. The van der Waals surface area contributed by atoms with E-state index in [0.29, 0.717) is 18.7 Å². The second kappa shape index (κ2) is 5.12. The summed E-state index contributed by atoms with van der Waals surface area (Å²) in [6.07, 6.45) is 2.83. The summed E-state index contributed by atoms with van der Waals surface area (Å²) in [6, 6.07) is 0. The first-order valence-corrected chi connectivity index (χ1v) is 5.42. The van der Waals surface area contributed by atoms with Crippen LogP contribution in [0.25, 0.3) is 0 Å². The number of piperidine rings is 1. The third kappa shape index (κ3) is 3.34. The number of hydrogen-bond donors (Lipinski definition) is 1. The van der Waals surface area contributed by atoms with Gasteiger partial charge in [0.25, 0.3) is 0 Å². The molecule has 1 heterocycles. The average molecular weight is 228 g/mol. The lowest BCUT2D eigenvalue weighted by molar-refractivity contribution is -1.09. The van der Waals surface area contributed by atoms with Crippen LogP contribution in [-0.2, 0) is 14.4 Å². The van der Waals surface area contributed by atoms with Gasteiger partial charge in [0.2, 0.25) is 6.54 Å². The van der Waals surface area contributed by atoms with Gasteiger partial charge in [-0.2, -0.15) is 0 Å². The highest BCUT2D eigenvalue weighted by Gasteiger charge is 2.37. The lowest BCUT2D eigenvalue weighted by Gasteiger charge is -2.35. The molecule has 0 amide bonds. The summed E-state index contributed by atoms with van der Waals surface area (Å²) in [5.41, 5.74) is 0.300. The fourth-order valence-electron chi connectivity index (χ4n) is 1.87. The molecule has 16 heavy (non-hydrogen) atoms. The third-order valence-electron chi connectivity index (χ3n) is 2.68. The van der Waals surface area contributed by atoms with Gasteiger partial charge in [0.15, 0.2) is 0 Å². The molecule has 0 spiro atoms. The summed E-state index contributed by atoms with van der Waals surface area (Å²) >= 11 is 0. The number of nitrogens with zero attached hydrogens (tertiary/aromatic N) is 1. The zero-order valence-electron chi connectivity index (χ0n) is 9.57. The molecule has 1 aliphatic rings. The summed E-state index contributed by atoms with van der Waals surface area (Å²) in [5.74, 6) is -1.46. The van der Waals surface area contributed by atoms with E-state index in [0.717, 1.165) is 19.3 Å². The second-order valence-corrected chi connectivity index (χ2v) is 4.28. The van der Waals surface area contributed by atoms with Crippen molar-refractivity contribution >= 4 is 11.9 Å².